The highest BCUT2D eigenvalue weighted by atomic mass is 16.4. The van der Waals surface area contributed by atoms with Gasteiger partial charge in [-0.2, -0.15) is 5.10 Å². The predicted molar refractivity (Wildman–Crippen MR) is 85.4 cm³/mol. The fourth-order valence-electron chi connectivity index (χ4n) is 3.18. The van der Waals surface area contributed by atoms with Crippen molar-refractivity contribution in [1.82, 2.24) is 9.78 Å². The van der Waals surface area contributed by atoms with Gasteiger partial charge < -0.3 is 5.11 Å². The highest BCUT2D eigenvalue weighted by Gasteiger charge is 2.33. The first-order valence-corrected chi connectivity index (χ1v) is 8.23. The largest absolute Gasteiger partial charge is 0.481 e. The van der Waals surface area contributed by atoms with E-state index in [1.807, 2.05) is 20.0 Å². The van der Waals surface area contributed by atoms with Gasteiger partial charge in [0.05, 0.1) is 6.20 Å². The van der Waals surface area contributed by atoms with Crippen molar-refractivity contribution in [2.75, 3.05) is 0 Å². The van der Waals surface area contributed by atoms with E-state index in [4.69, 9.17) is 5.11 Å². The van der Waals surface area contributed by atoms with E-state index in [-0.39, 0.29) is 11.8 Å². The first-order valence-electron chi connectivity index (χ1n) is 8.23. The molecule has 1 aromatic rings. The van der Waals surface area contributed by atoms with Crippen LogP contribution >= 0.6 is 0 Å². The van der Waals surface area contributed by atoms with Crippen LogP contribution in [0.1, 0.15) is 70.1 Å². The molecule has 0 atom stereocenters. The number of aryl methyl sites for hydroxylation is 1. The van der Waals surface area contributed by atoms with Gasteiger partial charge in [-0.15, -0.1) is 0 Å². The molecule has 21 heavy (non-hydrogen) atoms. The Morgan fingerprint density at radius 3 is 2.38 bits per heavy atom. The molecule has 0 spiro atoms. The summed E-state index contributed by atoms with van der Waals surface area (Å²) in [6.45, 7) is 9.04. The minimum absolute atomic E-state index is 0.139. The van der Waals surface area contributed by atoms with Crippen LogP contribution in [0.4, 0.5) is 0 Å². The van der Waals surface area contributed by atoms with Gasteiger partial charge in [-0.1, -0.05) is 33.1 Å². The molecule has 0 aliphatic heterocycles. The summed E-state index contributed by atoms with van der Waals surface area (Å²) in [6, 6.07) is 0. The number of hydrogen-bond donors (Lipinski definition) is 1. The third-order valence-electron chi connectivity index (χ3n) is 4.62. The molecular formula is C17H30N2O2. The molecule has 1 aliphatic carbocycles. The summed E-state index contributed by atoms with van der Waals surface area (Å²) < 4.78 is 2.07. The van der Waals surface area contributed by atoms with Gasteiger partial charge in [-0.25, -0.2) is 0 Å². The van der Waals surface area contributed by atoms with Crippen LogP contribution < -0.4 is 0 Å². The second-order valence-electron chi connectivity index (χ2n) is 6.03. The smallest absolute Gasteiger partial charge is 0.303 e. The van der Waals surface area contributed by atoms with Crippen molar-refractivity contribution in [2.24, 2.45) is 5.41 Å². The Kier molecular flexibility index (Phi) is 6.93. The quantitative estimate of drug-likeness (QED) is 0.878. The van der Waals surface area contributed by atoms with Crippen molar-refractivity contribution < 1.29 is 9.90 Å². The number of hydrogen-bond acceptors (Lipinski definition) is 2. The maximum Gasteiger partial charge on any atom is 0.303 e. The highest BCUT2D eigenvalue weighted by Crippen LogP contribution is 2.41. The second-order valence-corrected chi connectivity index (χ2v) is 6.03. The topological polar surface area (TPSA) is 55.1 Å². The van der Waals surface area contributed by atoms with Gasteiger partial charge in [-0.05, 0) is 44.1 Å². The van der Waals surface area contributed by atoms with Crippen molar-refractivity contribution in [1.29, 1.82) is 0 Å². The van der Waals surface area contributed by atoms with Crippen molar-refractivity contribution in [3.63, 3.8) is 0 Å². The van der Waals surface area contributed by atoms with Crippen molar-refractivity contribution in [3.8, 4) is 0 Å². The van der Waals surface area contributed by atoms with Crippen LogP contribution in [0, 0.1) is 19.3 Å². The van der Waals surface area contributed by atoms with E-state index in [0.717, 1.165) is 25.8 Å². The Morgan fingerprint density at radius 2 is 1.90 bits per heavy atom. The van der Waals surface area contributed by atoms with Crippen LogP contribution in [-0.4, -0.2) is 20.9 Å². The fourth-order valence-corrected chi connectivity index (χ4v) is 3.18. The van der Waals surface area contributed by atoms with E-state index in [0.29, 0.717) is 0 Å². The Hall–Kier alpha value is -1.32. The zero-order chi connectivity index (χ0) is 15.9. The number of carboxylic acid groups (broad SMARTS) is 1. The fraction of sp³-hybridized carbons (Fsp3) is 0.765. The zero-order valence-corrected chi connectivity index (χ0v) is 14.0. The lowest BCUT2D eigenvalue weighted by Gasteiger charge is -2.37. The first kappa shape index (κ1) is 17.7. The summed E-state index contributed by atoms with van der Waals surface area (Å²) in [5.74, 6) is -0.682. The van der Waals surface area contributed by atoms with Gasteiger partial charge in [0.15, 0.2) is 0 Å². The normalized spacial score (nSPS) is 17.0. The third kappa shape index (κ3) is 4.87. The maximum absolute atomic E-state index is 10.9. The number of nitrogens with zero attached hydrogens (tertiary/aromatic N) is 2. The molecule has 0 unspecified atom stereocenters. The van der Waals surface area contributed by atoms with Gasteiger partial charge in [-0.3, -0.25) is 9.48 Å². The molecule has 0 amide bonds. The summed E-state index contributed by atoms with van der Waals surface area (Å²) in [6.07, 6.45) is 8.96. The molecule has 1 aliphatic rings. The molecule has 2 rings (SSSR count). The lowest BCUT2D eigenvalue weighted by atomic mass is 9.71. The Labute approximate surface area is 128 Å². The minimum Gasteiger partial charge on any atom is -0.481 e. The lowest BCUT2D eigenvalue weighted by Crippen LogP contribution is -2.31. The van der Waals surface area contributed by atoms with E-state index < -0.39 is 5.97 Å². The minimum atomic E-state index is -0.682. The van der Waals surface area contributed by atoms with E-state index in [2.05, 4.69) is 23.6 Å². The first-order chi connectivity index (χ1) is 10.0. The maximum atomic E-state index is 10.9. The molecule has 0 bridgehead atoms. The molecule has 120 valence electrons. The molecule has 1 fully saturated rings. The predicted octanol–water partition coefficient (Wildman–Crippen LogP) is 4.34. The SMILES string of the molecule is CC.Cc1cnn(CC2(CCC(=O)O)CCCCC2)c1C. The van der Waals surface area contributed by atoms with Crippen LogP contribution in [0.15, 0.2) is 6.20 Å². The summed E-state index contributed by atoms with van der Waals surface area (Å²) in [5, 5.41) is 13.4. The molecule has 4 heteroatoms. The average Bonchev–Trinajstić information content (AvgIpc) is 2.80. The van der Waals surface area contributed by atoms with Gasteiger partial charge in [0.25, 0.3) is 0 Å². The lowest BCUT2D eigenvalue weighted by molar-refractivity contribution is -0.138. The summed E-state index contributed by atoms with van der Waals surface area (Å²) in [7, 11) is 0. The van der Waals surface area contributed by atoms with E-state index >= 15 is 0 Å². The molecular weight excluding hydrogens is 264 g/mol. The Morgan fingerprint density at radius 1 is 1.29 bits per heavy atom. The molecule has 0 aromatic carbocycles. The van der Waals surface area contributed by atoms with Crippen LogP contribution in [0.2, 0.25) is 0 Å². The number of carbonyl (C=O) groups is 1. The summed E-state index contributed by atoms with van der Waals surface area (Å²) in [4.78, 5) is 10.9. The molecule has 1 N–H and O–H groups in total. The highest BCUT2D eigenvalue weighted by molar-refractivity contribution is 5.66. The number of carboxylic acids is 1. The summed E-state index contributed by atoms with van der Waals surface area (Å²) in [5.41, 5.74) is 2.56. The second kappa shape index (κ2) is 8.20. The Bertz CT molecular complexity index is 446. The molecule has 1 saturated carbocycles. The van der Waals surface area contributed by atoms with Gasteiger partial charge in [0.2, 0.25) is 0 Å². The van der Waals surface area contributed by atoms with E-state index in [1.165, 1.54) is 30.5 Å². The number of aromatic nitrogens is 2. The van der Waals surface area contributed by atoms with Gasteiger partial charge >= 0.3 is 5.97 Å². The van der Waals surface area contributed by atoms with Gasteiger partial charge in [0.1, 0.15) is 0 Å². The van der Waals surface area contributed by atoms with Crippen molar-refractivity contribution in [3.05, 3.63) is 17.5 Å². The molecule has 1 heterocycles. The van der Waals surface area contributed by atoms with Crippen LogP contribution in [0.3, 0.4) is 0 Å². The average molecular weight is 294 g/mol. The standard InChI is InChI=1S/C15H24N2O2.C2H6/c1-12-10-16-17(13(12)2)11-15(9-6-14(18)19)7-4-3-5-8-15;1-2/h10H,3-9,11H2,1-2H3,(H,18,19);1-2H3. The third-order valence-corrected chi connectivity index (χ3v) is 4.62. The molecule has 0 radical (unpaired) electrons. The molecule has 1 aromatic heterocycles. The van der Waals surface area contributed by atoms with Crippen LogP contribution in [0.5, 0.6) is 0 Å². The summed E-state index contributed by atoms with van der Waals surface area (Å²) >= 11 is 0. The molecule has 0 saturated heterocycles. The number of rotatable bonds is 5. The zero-order valence-electron chi connectivity index (χ0n) is 14.0. The van der Waals surface area contributed by atoms with Crippen LogP contribution in [0.25, 0.3) is 0 Å². The molecule has 4 nitrogen and oxygen atoms in total. The van der Waals surface area contributed by atoms with E-state index in [9.17, 15) is 4.79 Å². The van der Waals surface area contributed by atoms with Crippen LogP contribution in [-0.2, 0) is 11.3 Å². The van der Waals surface area contributed by atoms with Gasteiger partial charge in [0, 0.05) is 18.7 Å². The van der Waals surface area contributed by atoms with Crippen molar-refractivity contribution in [2.45, 2.75) is 79.2 Å². The van der Waals surface area contributed by atoms with E-state index in [1.54, 1.807) is 0 Å². The number of aliphatic carboxylic acids is 1. The van der Waals surface area contributed by atoms with Crippen molar-refractivity contribution >= 4 is 5.97 Å². The monoisotopic (exact) mass is 294 g/mol. The Balaban J connectivity index is 0.00000106.